The Bertz CT molecular complexity index is 1240. The van der Waals surface area contributed by atoms with Crippen molar-refractivity contribution in [2.45, 2.75) is 11.8 Å². The van der Waals surface area contributed by atoms with E-state index < -0.39 is 10.0 Å². The predicted molar refractivity (Wildman–Crippen MR) is 118 cm³/mol. The number of aromatic nitrogens is 2. The highest BCUT2D eigenvalue weighted by molar-refractivity contribution is 7.90. The molecular formula is C20H20ClN5O3S. The number of rotatable bonds is 6. The summed E-state index contributed by atoms with van der Waals surface area (Å²) in [7, 11) is -2.35. The number of nitrogens with zero attached hydrogens (tertiary/aromatic N) is 3. The van der Waals surface area contributed by atoms with Crippen LogP contribution in [0.3, 0.4) is 0 Å². The molecular weight excluding hydrogens is 426 g/mol. The van der Waals surface area contributed by atoms with Gasteiger partial charge in [-0.05, 0) is 48.9 Å². The molecule has 10 heteroatoms. The van der Waals surface area contributed by atoms with Crippen molar-refractivity contribution in [3.8, 4) is 17.1 Å². The van der Waals surface area contributed by atoms with E-state index in [1.165, 1.54) is 31.6 Å². The van der Waals surface area contributed by atoms with Crippen LogP contribution in [0.1, 0.15) is 6.92 Å². The molecule has 2 aromatic heterocycles. The molecule has 2 heterocycles. The van der Waals surface area contributed by atoms with Gasteiger partial charge in [0.1, 0.15) is 5.84 Å². The molecule has 0 unspecified atom stereocenters. The van der Waals surface area contributed by atoms with Gasteiger partial charge in [0.2, 0.25) is 5.88 Å². The molecule has 30 heavy (non-hydrogen) atoms. The van der Waals surface area contributed by atoms with E-state index >= 15 is 0 Å². The number of hydrogen-bond acceptors (Lipinski definition) is 7. The maximum atomic E-state index is 12.8. The zero-order chi connectivity index (χ0) is 21.7. The SMILES string of the molecule is CCN=C(/C=C\N)NS(=O)(=O)c1ccc2c(-c3cc(Cl)cnc3OC)nccc2c1. The molecule has 8 nitrogen and oxygen atoms in total. The van der Waals surface area contributed by atoms with E-state index in [9.17, 15) is 8.42 Å². The fourth-order valence-corrected chi connectivity index (χ4v) is 4.09. The third-order valence-corrected chi connectivity index (χ3v) is 5.69. The van der Waals surface area contributed by atoms with E-state index in [-0.39, 0.29) is 10.7 Å². The molecule has 1 aromatic carbocycles. The first kappa shape index (κ1) is 21.5. The molecule has 0 radical (unpaired) electrons. The molecule has 0 aliphatic carbocycles. The number of aliphatic imine (C=N–C) groups is 1. The highest BCUT2D eigenvalue weighted by atomic mass is 35.5. The summed E-state index contributed by atoms with van der Waals surface area (Å²) in [6.07, 6.45) is 5.68. The molecule has 0 atom stereocenters. The number of fused-ring (bicyclic) bond motifs is 1. The second-order valence-electron chi connectivity index (χ2n) is 6.08. The Balaban J connectivity index is 2.09. The number of nitrogens with two attached hydrogens (primary N) is 1. The Labute approximate surface area is 179 Å². The summed E-state index contributed by atoms with van der Waals surface area (Å²) in [5.74, 6) is 0.525. The molecule has 0 bridgehead atoms. The summed E-state index contributed by atoms with van der Waals surface area (Å²) in [6, 6.07) is 8.16. The van der Waals surface area contributed by atoms with Gasteiger partial charge in [-0.25, -0.2) is 13.4 Å². The monoisotopic (exact) mass is 445 g/mol. The van der Waals surface area contributed by atoms with Crippen molar-refractivity contribution < 1.29 is 13.2 Å². The third-order valence-electron chi connectivity index (χ3n) is 4.13. The van der Waals surface area contributed by atoms with Gasteiger partial charge in [0, 0.05) is 24.3 Å². The molecule has 3 aromatic rings. The first-order chi connectivity index (χ1) is 14.4. The van der Waals surface area contributed by atoms with Gasteiger partial charge in [-0.1, -0.05) is 17.7 Å². The van der Waals surface area contributed by atoms with Crippen molar-refractivity contribution in [2.24, 2.45) is 10.7 Å². The second-order valence-corrected chi connectivity index (χ2v) is 8.20. The van der Waals surface area contributed by atoms with Gasteiger partial charge in [0.05, 0.1) is 28.3 Å². The largest absolute Gasteiger partial charge is 0.481 e. The van der Waals surface area contributed by atoms with Crippen LogP contribution < -0.4 is 15.2 Å². The number of amidine groups is 1. The standard InChI is InChI=1S/C20H20ClN5O3S/c1-3-23-18(6-8-22)26-30(27,28)15-4-5-16-13(10-15)7-9-24-19(16)17-11-14(21)12-25-20(17)29-2/h4-12H,3,22H2,1-2H3,(H,23,26)/b8-6-. The summed E-state index contributed by atoms with van der Waals surface area (Å²) in [5.41, 5.74) is 6.56. The van der Waals surface area contributed by atoms with Crippen molar-refractivity contribution in [1.82, 2.24) is 14.7 Å². The number of methoxy groups -OCH3 is 1. The number of halogens is 1. The van der Waals surface area contributed by atoms with Crippen LogP contribution in [-0.2, 0) is 10.0 Å². The van der Waals surface area contributed by atoms with Crippen LogP contribution >= 0.6 is 11.6 Å². The predicted octanol–water partition coefficient (Wildman–Crippen LogP) is 3.13. The van der Waals surface area contributed by atoms with Crippen molar-refractivity contribution in [1.29, 1.82) is 0 Å². The van der Waals surface area contributed by atoms with Crippen molar-refractivity contribution in [2.75, 3.05) is 13.7 Å². The molecule has 0 aliphatic heterocycles. The van der Waals surface area contributed by atoms with Crippen LogP contribution in [0.25, 0.3) is 22.0 Å². The smallest absolute Gasteiger partial charge is 0.263 e. The normalized spacial score (nSPS) is 12.4. The van der Waals surface area contributed by atoms with Crippen LogP contribution in [0, 0.1) is 0 Å². The zero-order valence-electron chi connectivity index (χ0n) is 16.3. The van der Waals surface area contributed by atoms with Crippen molar-refractivity contribution in [3.05, 3.63) is 60.0 Å². The van der Waals surface area contributed by atoms with Crippen molar-refractivity contribution >= 4 is 38.2 Å². The Morgan fingerprint density at radius 1 is 1.30 bits per heavy atom. The highest BCUT2D eigenvalue weighted by Crippen LogP contribution is 2.34. The van der Waals surface area contributed by atoms with E-state index in [0.29, 0.717) is 34.1 Å². The Hall–Kier alpha value is -3.17. The molecule has 0 amide bonds. The van der Waals surface area contributed by atoms with Crippen LogP contribution in [0.4, 0.5) is 0 Å². The van der Waals surface area contributed by atoms with Crippen LogP contribution in [-0.4, -0.2) is 37.9 Å². The van der Waals surface area contributed by atoms with E-state index in [1.807, 2.05) is 0 Å². The minimum Gasteiger partial charge on any atom is -0.481 e. The number of nitrogens with one attached hydrogen (secondary N) is 1. The maximum Gasteiger partial charge on any atom is 0.263 e. The summed E-state index contributed by atoms with van der Waals surface area (Å²) in [5, 5.41) is 1.83. The highest BCUT2D eigenvalue weighted by Gasteiger charge is 2.18. The summed E-state index contributed by atoms with van der Waals surface area (Å²) >= 11 is 6.10. The van der Waals surface area contributed by atoms with Crippen molar-refractivity contribution in [3.63, 3.8) is 0 Å². The molecule has 3 rings (SSSR count). The Kier molecular flexibility index (Phi) is 6.53. The molecule has 156 valence electrons. The average Bonchev–Trinajstić information content (AvgIpc) is 2.73. The lowest BCUT2D eigenvalue weighted by atomic mass is 10.1. The lowest BCUT2D eigenvalue weighted by Crippen LogP contribution is -2.29. The number of benzene rings is 1. The quantitative estimate of drug-likeness (QED) is 0.444. The van der Waals surface area contributed by atoms with E-state index in [0.717, 1.165) is 5.39 Å². The minimum atomic E-state index is -3.86. The second kappa shape index (κ2) is 9.10. The molecule has 0 fully saturated rings. The maximum absolute atomic E-state index is 12.8. The Morgan fingerprint density at radius 2 is 2.10 bits per heavy atom. The number of pyridine rings is 2. The fraction of sp³-hybridized carbons (Fsp3) is 0.150. The minimum absolute atomic E-state index is 0.0811. The first-order valence-corrected chi connectivity index (χ1v) is 10.8. The van der Waals surface area contributed by atoms with Gasteiger partial charge in [-0.2, -0.15) is 0 Å². The molecule has 0 spiro atoms. The molecule has 3 N–H and O–H groups in total. The first-order valence-electron chi connectivity index (χ1n) is 8.93. The van der Waals surface area contributed by atoms with Crippen LogP contribution in [0.5, 0.6) is 5.88 Å². The number of ether oxygens (including phenoxy) is 1. The lowest BCUT2D eigenvalue weighted by molar-refractivity contribution is 0.399. The lowest BCUT2D eigenvalue weighted by Gasteiger charge is -2.12. The summed E-state index contributed by atoms with van der Waals surface area (Å²) in [6.45, 7) is 2.20. The summed E-state index contributed by atoms with van der Waals surface area (Å²) < 4.78 is 33.4. The van der Waals surface area contributed by atoms with E-state index in [1.54, 1.807) is 37.4 Å². The zero-order valence-corrected chi connectivity index (χ0v) is 17.9. The van der Waals surface area contributed by atoms with E-state index in [4.69, 9.17) is 22.1 Å². The van der Waals surface area contributed by atoms with Gasteiger partial charge in [-0.15, -0.1) is 0 Å². The third kappa shape index (κ3) is 4.52. The topological polar surface area (TPSA) is 120 Å². The van der Waals surface area contributed by atoms with Gasteiger partial charge in [-0.3, -0.25) is 14.7 Å². The van der Waals surface area contributed by atoms with Gasteiger partial charge in [0.15, 0.2) is 0 Å². The summed E-state index contributed by atoms with van der Waals surface area (Å²) in [4.78, 5) is 12.8. The van der Waals surface area contributed by atoms with E-state index in [2.05, 4.69) is 19.7 Å². The van der Waals surface area contributed by atoms with Crippen LogP contribution in [0.15, 0.2) is 64.9 Å². The molecule has 0 aliphatic rings. The molecule has 0 saturated carbocycles. The van der Waals surface area contributed by atoms with Crippen LogP contribution in [0.2, 0.25) is 5.02 Å². The molecule has 0 saturated heterocycles. The average molecular weight is 446 g/mol. The fourth-order valence-electron chi connectivity index (χ4n) is 2.87. The Morgan fingerprint density at radius 3 is 2.80 bits per heavy atom. The van der Waals surface area contributed by atoms with Gasteiger partial charge >= 0.3 is 0 Å². The van der Waals surface area contributed by atoms with Gasteiger partial charge in [0.25, 0.3) is 10.0 Å². The number of sulfonamides is 1. The number of hydrogen-bond donors (Lipinski definition) is 2. The van der Waals surface area contributed by atoms with Gasteiger partial charge < -0.3 is 10.5 Å².